The second-order valence-electron chi connectivity index (χ2n) is 7.70. The molecule has 3 aromatic heterocycles. The molecule has 0 radical (unpaired) electrons. The van der Waals surface area contributed by atoms with Gasteiger partial charge in [-0.1, -0.05) is 13.3 Å². The van der Waals surface area contributed by atoms with Gasteiger partial charge < -0.3 is 14.6 Å². The number of carbonyl (C=O) groups excluding carboxylic acids is 1. The molecule has 0 saturated carbocycles. The minimum atomic E-state index is -0.0524. The van der Waals surface area contributed by atoms with Crippen molar-refractivity contribution < 1.29 is 9.53 Å². The van der Waals surface area contributed by atoms with E-state index in [0.29, 0.717) is 12.1 Å². The lowest BCUT2D eigenvalue weighted by molar-refractivity contribution is 0.0565. The molecule has 4 rings (SSSR count). The number of thiazole rings is 1. The Hall–Kier alpha value is -2.51. The van der Waals surface area contributed by atoms with Crippen molar-refractivity contribution >= 4 is 17.2 Å². The lowest BCUT2D eigenvalue weighted by atomic mass is 10.2. The summed E-state index contributed by atoms with van der Waals surface area (Å²) in [6.45, 7) is 7.53. The molecule has 1 aliphatic rings. The van der Waals surface area contributed by atoms with Gasteiger partial charge in [-0.3, -0.25) is 9.78 Å². The van der Waals surface area contributed by atoms with Gasteiger partial charge in [-0.25, -0.2) is 4.98 Å². The van der Waals surface area contributed by atoms with E-state index in [1.165, 1.54) is 0 Å². The van der Waals surface area contributed by atoms with E-state index in [1.807, 2.05) is 43.6 Å². The van der Waals surface area contributed by atoms with Gasteiger partial charge in [0.05, 0.1) is 17.0 Å². The lowest BCUT2D eigenvalue weighted by Crippen LogP contribution is -2.25. The zero-order chi connectivity index (χ0) is 21.1. The van der Waals surface area contributed by atoms with E-state index in [0.717, 1.165) is 65.6 Å². The second-order valence-corrected chi connectivity index (χ2v) is 8.56. The molecule has 1 N–H and O–H groups in total. The normalized spacial score (nSPS) is 16.2. The third-order valence-electron chi connectivity index (χ3n) is 5.47. The van der Waals surface area contributed by atoms with Crippen molar-refractivity contribution in [1.29, 1.82) is 0 Å². The highest BCUT2D eigenvalue weighted by Crippen LogP contribution is 2.36. The van der Waals surface area contributed by atoms with Crippen LogP contribution in [0.4, 0.5) is 0 Å². The molecule has 0 aromatic carbocycles. The number of aromatic nitrogens is 3. The van der Waals surface area contributed by atoms with Gasteiger partial charge in [-0.2, -0.15) is 0 Å². The first-order valence-corrected chi connectivity index (χ1v) is 11.5. The van der Waals surface area contributed by atoms with Crippen LogP contribution in [0.1, 0.15) is 60.6 Å². The van der Waals surface area contributed by atoms with Crippen LogP contribution in [0.15, 0.2) is 29.8 Å². The van der Waals surface area contributed by atoms with E-state index < -0.39 is 0 Å². The number of hydrogen-bond acceptors (Lipinski definition) is 5. The molecular weight excluding hydrogens is 396 g/mol. The summed E-state index contributed by atoms with van der Waals surface area (Å²) in [5, 5.41) is 6.01. The monoisotopic (exact) mass is 424 g/mol. The van der Waals surface area contributed by atoms with Gasteiger partial charge in [0, 0.05) is 41.7 Å². The van der Waals surface area contributed by atoms with Gasteiger partial charge in [0.15, 0.2) is 0 Å². The highest BCUT2D eigenvalue weighted by Gasteiger charge is 2.27. The predicted molar refractivity (Wildman–Crippen MR) is 120 cm³/mol. The number of ether oxygens (including phenoxy) is 1. The molecule has 1 aliphatic heterocycles. The smallest absolute Gasteiger partial charge is 0.253 e. The predicted octanol–water partition coefficient (Wildman–Crippen LogP) is 5.13. The molecule has 4 heterocycles. The Bertz CT molecular complexity index is 1020. The lowest BCUT2D eigenvalue weighted by Gasteiger charge is -2.17. The minimum absolute atomic E-state index is 0.0304. The van der Waals surface area contributed by atoms with Gasteiger partial charge in [-0.05, 0) is 51.3 Å². The van der Waals surface area contributed by atoms with Gasteiger partial charge in [-0.15, -0.1) is 11.3 Å². The molecule has 30 heavy (non-hydrogen) atoms. The molecule has 0 aliphatic carbocycles. The van der Waals surface area contributed by atoms with Crippen LogP contribution in [0.2, 0.25) is 0 Å². The van der Waals surface area contributed by atoms with Crippen LogP contribution in [0.25, 0.3) is 22.0 Å². The third kappa shape index (κ3) is 4.18. The molecule has 1 saturated heterocycles. The minimum Gasteiger partial charge on any atom is -0.358 e. The van der Waals surface area contributed by atoms with E-state index in [4.69, 9.17) is 9.72 Å². The van der Waals surface area contributed by atoms with Crippen LogP contribution in [0, 0.1) is 13.8 Å². The number of hydrogen-bond donors (Lipinski definition) is 1. The number of aryl methyl sites for hydroxylation is 1. The molecular formula is C23H28N4O2S. The van der Waals surface area contributed by atoms with Crippen LogP contribution >= 0.6 is 11.3 Å². The van der Waals surface area contributed by atoms with Crippen molar-refractivity contribution in [2.24, 2.45) is 0 Å². The molecule has 1 amide bonds. The summed E-state index contributed by atoms with van der Waals surface area (Å²) in [5.41, 5.74) is 5.41. The summed E-state index contributed by atoms with van der Waals surface area (Å²) >= 11 is 1.59. The molecule has 1 unspecified atom stereocenters. The summed E-state index contributed by atoms with van der Waals surface area (Å²) in [7, 11) is 0. The topological polar surface area (TPSA) is 69.0 Å². The molecule has 0 bridgehead atoms. The summed E-state index contributed by atoms with van der Waals surface area (Å²) in [4.78, 5) is 22.1. The third-order valence-corrected chi connectivity index (χ3v) is 6.36. The van der Waals surface area contributed by atoms with E-state index in [-0.39, 0.29) is 12.1 Å². The molecule has 7 heteroatoms. The largest absolute Gasteiger partial charge is 0.358 e. The van der Waals surface area contributed by atoms with Crippen molar-refractivity contribution in [3.8, 4) is 22.0 Å². The molecule has 158 valence electrons. The Labute approximate surface area is 181 Å². The van der Waals surface area contributed by atoms with Crippen molar-refractivity contribution in [2.75, 3.05) is 13.2 Å². The second kappa shape index (κ2) is 9.10. The highest BCUT2D eigenvalue weighted by molar-refractivity contribution is 7.13. The van der Waals surface area contributed by atoms with Crippen molar-refractivity contribution in [3.05, 3.63) is 46.7 Å². The number of nitrogens with one attached hydrogen (secondary N) is 1. The summed E-state index contributed by atoms with van der Waals surface area (Å²) in [5.74, 6) is -0.0304. The first-order chi connectivity index (χ1) is 14.6. The highest BCUT2D eigenvalue weighted by atomic mass is 32.1. The van der Waals surface area contributed by atoms with Crippen LogP contribution in [0.3, 0.4) is 0 Å². The number of pyridine rings is 1. The summed E-state index contributed by atoms with van der Waals surface area (Å²) in [6, 6.07) is 6.00. The maximum Gasteiger partial charge on any atom is 0.253 e. The van der Waals surface area contributed by atoms with Gasteiger partial charge in [0.25, 0.3) is 5.91 Å². The molecule has 6 nitrogen and oxygen atoms in total. The average molecular weight is 425 g/mol. The number of rotatable bonds is 7. The number of amides is 1. The number of unbranched alkanes of at least 4 members (excludes halogenated alkanes) is 1. The zero-order valence-electron chi connectivity index (χ0n) is 17.8. The van der Waals surface area contributed by atoms with E-state index in [9.17, 15) is 4.79 Å². The quantitative estimate of drug-likeness (QED) is 0.534. The fourth-order valence-corrected chi connectivity index (χ4v) is 4.58. The summed E-state index contributed by atoms with van der Waals surface area (Å²) < 4.78 is 8.12. The maximum atomic E-state index is 12.8. The van der Waals surface area contributed by atoms with Crippen LogP contribution in [-0.4, -0.2) is 33.6 Å². The SMILES string of the molecule is CCCCNC(=O)c1cc(-c2csc(-c3ccc(C)nc3)n2)n(C2CCCO2)c1C. The van der Waals surface area contributed by atoms with Gasteiger partial charge in [0.2, 0.25) is 0 Å². The molecule has 3 aromatic rings. The molecule has 0 spiro atoms. The molecule has 1 atom stereocenters. The number of nitrogens with zero attached hydrogens (tertiary/aromatic N) is 3. The average Bonchev–Trinajstić information content (AvgIpc) is 3.48. The molecule has 1 fully saturated rings. The van der Waals surface area contributed by atoms with Crippen molar-refractivity contribution in [2.45, 2.75) is 52.7 Å². The van der Waals surface area contributed by atoms with Crippen LogP contribution in [-0.2, 0) is 4.74 Å². The Kier molecular flexibility index (Phi) is 6.29. The first kappa shape index (κ1) is 20.8. The van der Waals surface area contributed by atoms with Crippen LogP contribution in [0.5, 0.6) is 0 Å². The zero-order valence-corrected chi connectivity index (χ0v) is 18.6. The van der Waals surface area contributed by atoms with E-state index >= 15 is 0 Å². The number of carbonyl (C=O) groups is 1. The fourth-order valence-electron chi connectivity index (χ4n) is 3.78. The Morgan fingerprint density at radius 2 is 2.23 bits per heavy atom. The standard InChI is InChI=1S/C23H28N4O2S/c1-4-5-10-24-22(28)18-12-20(27(16(18)3)21-7-6-11-29-21)19-14-30-23(26-19)17-9-8-15(2)25-13-17/h8-9,12-14,21H,4-7,10-11H2,1-3H3,(H,24,28). The van der Waals surface area contributed by atoms with E-state index in [1.54, 1.807) is 11.3 Å². The Balaban J connectivity index is 1.70. The van der Waals surface area contributed by atoms with Gasteiger partial charge in [0.1, 0.15) is 11.2 Å². The Morgan fingerprint density at radius 3 is 2.93 bits per heavy atom. The van der Waals surface area contributed by atoms with Crippen molar-refractivity contribution in [1.82, 2.24) is 19.9 Å². The van der Waals surface area contributed by atoms with Crippen LogP contribution < -0.4 is 5.32 Å². The van der Waals surface area contributed by atoms with Crippen molar-refractivity contribution in [3.63, 3.8) is 0 Å². The Morgan fingerprint density at radius 1 is 1.37 bits per heavy atom. The van der Waals surface area contributed by atoms with Gasteiger partial charge >= 0.3 is 0 Å². The maximum absolute atomic E-state index is 12.8. The van der Waals surface area contributed by atoms with E-state index in [2.05, 4.69) is 21.8 Å². The fraction of sp³-hybridized carbons (Fsp3) is 0.435. The first-order valence-electron chi connectivity index (χ1n) is 10.6. The summed E-state index contributed by atoms with van der Waals surface area (Å²) in [6.07, 6.45) is 5.80.